The largest absolute Gasteiger partial charge is 0.496 e. The van der Waals surface area contributed by atoms with Crippen LogP contribution in [0.4, 0.5) is 5.69 Å². The van der Waals surface area contributed by atoms with Gasteiger partial charge in [-0.2, -0.15) is 4.31 Å². The van der Waals surface area contributed by atoms with Crippen molar-refractivity contribution in [3.05, 3.63) is 52.0 Å². The summed E-state index contributed by atoms with van der Waals surface area (Å²) in [4.78, 5) is 2.51. The number of anilines is 1. The molecule has 146 valence electrons. The number of sulfonamides is 1. The van der Waals surface area contributed by atoms with Crippen LogP contribution in [0.5, 0.6) is 5.75 Å². The SMILES string of the molecule is COc1cc(S(=O)(=O)N2CCN(c3cccc(Cl)c3C)CC2)c(C)cc1C. The van der Waals surface area contributed by atoms with Gasteiger partial charge < -0.3 is 9.64 Å². The van der Waals surface area contributed by atoms with Crippen molar-refractivity contribution >= 4 is 27.3 Å². The van der Waals surface area contributed by atoms with E-state index in [2.05, 4.69) is 4.90 Å². The fraction of sp³-hybridized carbons (Fsp3) is 0.400. The normalized spacial score (nSPS) is 15.8. The van der Waals surface area contributed by atoms with Gasteiger partial charge in [-0.15, -0.1) is 0 Å². The molecule has 1 aliphatic rings. The minimum Gasteiger partial charge on any atom is -0.496 e. The first-order chi connectivity index (χ1) is 12.8. The Morgan fingerprint density at radius 2 is 1.67 bits per heavy atom. The fourth-order valence-corrected chi connectivity index (χ4v) is 5.37. The highest BCUT2D eigenvalue weighted by atomic mass is 35.5. The lowest BCUT2D eigenvalue weighted by atomic mass is 10.1. The van der Waals surface area contributed by atoms with Crippen LogP contribution in [0.25, 0.3) is 0 Å². The molecule has 0 radical (unpaired) electrons. The van der Waals surface area contributed by atoms with Crippen LogP contribution in [-0.4, -0.2) is 46.0 Å². The zero-order valence-corrected chi connectivity index (χ0v) is 17.7. The lowest BCUT2D eigenvalue weighted by Gasteiger charge is -2.36. The molecule has 5 nitrogen and oxygen atoms in total. The molecule has 1 fully saturated rings. The van der Waals surface area contributed by atoms with E-state index < -0.39 is 10.0 Å². The number of halogens is 1. The zero-order valence-electron chi connectivity index (χ0n) is 16.1. The summed E-state index contributed by atoms with van der Waals surface area (Å²) >= 11 is 6.23. The van der Waals surface area contributed by atoms with Crippen molar-refractivity contribution in [2.75, 3.05) is 38.2 Å². The van der Waals surface area contributed by atoms with E-state index in [0.29, 0.717) is 36.8 Å². The lowest BCUT2D eigenvalue weighted by molar-refractivity contribution is 0.383. The molecule has 0 spiro atoms. The molecular weight excluding hydrogens is 384 g/mol. The predicted octanol–water partition coefficient (Wildman–Crippen LogP) is 3.78. The summed E-state index contributed by atoms with van der Waals surface area (Å²) in [7, 11) is -2.01. The smallest absolute Gasteiger partial charge is 0.243 e. The van der Waals surface area contributed by atoms with Crippen LogP contribution in [0.3, 0.4) is 0 Å². The minimum atomic E-state index is -3.57. The van der Waals surface area contributed by atoms with Crippen molar-refractivity contribution in [1.82, 2.24) is 4.31 Å². The minimum absolute atomic E-state index is 0.317. The molecule has 27 heavy (non-hydrogen) atoms. The number of nitrogens with zero attached hydrogens (tertiary/aromatic N) is 2. The van der Waals surface area contributed by atoms with Gasteiger partial charge in [-0.1, -0.05) is 23.7 Å². The van der Waals surface area contributed by atoms with Crippen LogP contribution < -0.4 is 9.64 Å². The number of hydrogen-bond donors (Lipinski definition) is 0. The van der Waals surface area contributed by atoms with E-state index in [-0.39, 0.29) is 0 Å². The summed E-state index contributed by atoms with van der Waals surface area (Å²) in [5.74, 6) is 0.590. The molecule has 0 amide bonds. The van der Waals surface area contributed by atoms with Crippen molar-refractivity contribution in [3.63, 3.8) is 0 Å². The fourth-order valence-electron chi connectivity index (χ4n) is 3.56. The maximum Gasteiger partial charge on any atom is 0.243 e. The van der Waals surface area contributed by atoms with Gasteiger partial charge in [-0.3, -0.25) is 0 Å². The number of rotatable bonds is 4. The molecule has 0 atom stereocenters. The van der Waals surface area contributed by atoms with Crippen molar-refractivity contribution in [3.8, 4) is 5.75 Å². The molecular formula is C20H25ClN2O3S. The summed E-state index contributed by atoms with van der Waals surface area (Å²) in [5, 5.41) is 0.727. The van der Waals surface area contributed by atoms with Crippen LogP contribution in [0, 0.1) is 20.8 Å². The Morgan fingerprint density at radius 3 is 2.30 bits per heavy atom. The highest BCUT2D eigenvalue weighted by Crippen LogP contribution is 2.31. The zero-order chi connectivity index (χ0) is 19.8. The highest BCUT2D eigenvalue weighted by molar-refractivity contribution is 7.89. The maximum atomic E-state index is 13.2. The Kier molecular flexibility index (Phi) is 5.70. The van der Waals surface area contributed by atoms with Crippen LogP contribution in [-0.2, 0) is 10.0 Å². The average molecular weight is 409 g/mol. The van der Waals surface area contributed by atoms with Gasteiger partial charge in [-0.05, 0) is 49.6 Å². The van der Waals surface area contributed by atoms with E-state index in [1.165, 1.54) is 0 Å². The molecule has 0 unspecified atom stereocenters. The predicted molar refractivity (Wildman–Crippen MR) is 110 cm³/mol. The second-order valence-corrected chi connectivity index (χ2v) is 9.18. The Bertz CT molecular complexity index is 952. The maximum absolute atomic E-state index is 13.2. The molecule has 2 aromatic rings. The molecule has 1 aliphatic heterocycles. The van der Waals surface area contributed by atoms with Gasteiger partial charge in [0.15, 0.2) is 0 Å². The molecule has 3 rings (SSSR count). The topological polar surface area (TPSA) is 49.9 Å². The number of methoxy groups -OCH3 is 1. The summed E-state index contributed by atoms with van der Waals surface area (Å²) < 4.78 is 33.2. The van der Waals surface area contributed by atoms with Crippen molar-refractivity contribution < 1.29 is 13.2 Å². The molecule has 0 N–H and O–H groups in total. The quantitative estimate of drug-likeness (QED) is 0.772. The Hall–Kier alpha value is -1.76. The highest BCUT2D eigenvalue weighted by Gasteiger charge is 2.30. The van der Waals surface area contributed by atoms with Gasteiger partial charge in [0.05, 0.1) is 12.0 Å². The van der Waals surface area contributed by atoms with Crippen LogP contribution in [0.2, 0.25) is 5.02 Å². The molecule has 0 aliphatic carbocycles. The first-order valence-electron chi connectivity index (χ1n) is 8.91. The third-order valence-corrected chi connectivity index (χ3v) is 7.58. The van der Waals surface area contributed by atoms with E-state index in [9.17, 15) is 8.42 Å². The molecule has 1 heterocycles. The Labute approximate surface area is 166 Å². The van der Waals surface area contributed by atoms with Gasteiger partial charge in [0.1, 0.15) is 5.75 Å². The second-order valence-electron chi connectivity index (χ2n) is 6.86. The average Bonchev–Trinajstić information content (AvgIpc) is 2.64. The third kappa shape index (κ3) is 3.79. The van der Waals surface area contributed by atoms with Crippen molar-refractivity contribution in [2.24, 2.45) is 0 Å². The number of piperazine rings is 1. The van der Waals surface area contributed by atoms with Crippen LogP contribution in [0.15, 0.2) is 35.2 Å². The molecule has 0 bridgehead atoms. The first kappa shape index (κ1) is 20.0. The van der Waals surface area contributed by atoms with E-state index in [1.807, 2.05) is 45.0 Å². The molecule has 7 heteroatoms. The second kappa shape index (κ2) is 7.70. The van der Waals surface area contributed by atoms with Crippen molar-refractivity contribution in [2.45, 2.75) is 25.7 Å². The lowest BCUT2D eigenvalue weighted by Crippen LogP contribution is -2.49. The van der Waals surface area contributed by atoms with Gasteiger partial charge in [-0.25, -0.2) is 8.42 Å². The standard InChI is InChI=1S/C20H25ClN2O3S/c1-14-12-15(2)20(13-19(14)26-4)27(24,25)23-10-8-22(9-11-23)18-7-5-6-17(21)16(18)3/h5-7,12-13H,8-11H2,1-4H3. The van der Waals surface area contributed by atoms with Gasteiger partial charge in [0, 0.05) is 43.0 Å². The van der Waals surface area contributed by atoms with Gasteiger partial charge in [0.2, 0.25) is 10.0 Å². The summed E-state index contributed by atoms with van der Waals surface area (Å²) in [6.45, 7) is 7.85. The number of ether oxygens (including phenoxy) is 1. The molecule has 2 aromatic carbocycles. The number of benzene rings is 2. The van der Waals surface area contributed by atoms with E-state index >= 15 is 0 Å². The van der Waals surface area contributed by atoms with Gasteiger partial charge in [0.25, 0.3) is 0 Å². The van der Waals surface area contributed by atoms with Crippen LogP contribution >= 0.6 is 11.6 Å². The monoisotopic (exact) mass is 408 g/mol. The Morgan fingerprint density at radius 1 is 1.00 bits per heavy atom. The van der Waals surface area contributed by atoms with Crippen molar-refractivity contribution in [1.29, 1.82) is 0 Å². The Balaban J connectivity index is 1.82. The van der Waals surface area contributed by atoms with E-state index in [4.69, 9.17) is 16.3 Å². The molecule has 0 saturated carbocycles. The molecule has 1 saturated heterocycles. The van der Waals surface area contributed by atoms with E-state index in [1.54, 1.807) is 17.5 Å². The first-order valence-corrected chi connectivity index (χ1v) is 10.7. The van der Waals surface area contributed by atoms with E-state index in [0.717, 1.165) is 27.4 Å². The number of hydrogen-bond acceptors (Lipinski definition) is 4. The summed E-state index contributed by atoms with van der Waals surface area (Å²) in [6, 6.07) is 9.32. The number of aryl methyl sites for hydroxylation is 2. The third-order valence-electron chi connectivity index (χ3n) is 5.13. The molecule has 0 aromatic heterocycles. The summed E-state index contributed by atoms with van der Waals surface area (Å²) in [6.07, 6.45) is 0. The van der Waals surface area contributed by atoms with Crippen LogP contribution in [0.1, 0.15) is 16.7 Å². The summed E-state index contributed by atoms with van der Waals surface area (Å²) in [5.41, 5.74) is 3.75. The van der Waals surface area contributed by atoms with Gasteiger partial charge >= 0.3 is 0 Å².